The molecule has 0 aliphatic rings. The Hall–Kier alpha value is -2.11. The second-order valence-electron chi connectivity index (χ2n) is 4.35. The Bertz CT molecular complexity index is 474. The van der Waals surface area contributed by atoms with Gasteiger partial charge in [-0.3, -0.25) is 9.78 Å². The number of aromatic carboxylic acids is 1. The van der Waals surface area contributed by atoms with E-state index in [0.29, 0.717) is 17.9 Å². The zero-order valence-corrected chi connectivity index (χ0v) is 11.4. The van der Waals surface area contributed by atoms with Crippen molar-refractivity contribution in [3.8, 4) is 0 Å². The zero-order chi connectivity index (χ0) is 14.4. The lowest BCUT2D eigenvalue weighted by Gasteiger charge is -2.20. The molecule has 0 spiro atoms. The third kappa shape index (κ3) is 4.24. The fraction of sp³-hybridized carbons (Fsp3) is 0.462. The Labute approximate surface area is 112 Å². The molecular formula is C13H19N3O3. The molecule has 0 aromatic carbocycles. The van der Waals surface area contributed by atoms with Crippen LogP contribution in [0.3, 0.4) is 0 Å². The van der Waals surface area contributed by atoms with E-state index in [-0.39, 0.29) is 18.0 Å². The molecule has 6 heteroatoms. The molecule has 0 saturated heterocycles. The van der Waals surface area contributed by atoms with Crippen molar-refractivity contribution >= 4 is 17.6 Å². The number of aryl methyl sites for hydroxylation is 1. The first-order valence-electron chi connectivity index (χ1n) is 6.13. The van der Waals surface area contributed by atoms with Crippen molar-refractivity contribution in [2.75, 3.05) is 25.0 Å². The summed E-state index contributed by atoms with van der Waals surface area (Å²) < 4.78 is 0. The summed E-state index contributed by atoms with van der Waals surface area (Å²) in [6.07, 6.45) is 2.18. The summed E-state index contributed by atoms with van der Waals surface area (Å²) in [4.78, 5) is 28.3. The molecule has 0 saturated carbocycles. The molecular weight excluding hydrogens is 246 g/mol. The van der Waals surface area contributed by atoms with Crippen LogP contribution in [0, 0.1) is 6.92 Å². The lowest BCUT2D eigenvalue weighted by molar-refractivity contribution is -0.119. The monoisotopic (exact) mass is 265 g/mol. The smallest absolute Gasteiger partial charge is 0.339 e. The van der Waals surface area contributed by atoms with E-state index in [2.05, 4.69) is 10.3 Å². The fourth-order valence-corrected chi connectivity index (χ4v) is 1.65. The molecule has 0 aliphatic carbocycles. The number of rotatable bonds is 6. The van der Waals surface area contributed by atoms with E-state index in [9.17, 15) is 9.59 Å². The van der Waals surface area contributed by atoms with Crippen LogP contribution in [0.15, 0.2) is 12.3 Å². The van der Waals surface area contributed by atoms with Crippen molar-refractivity contribution in [3.63, 3.8) is 0 Å². The van der Waals surface area contributed by atoms with E-state index in [1.54, 1.807) is 24.9 Å². The summed E-state index contributed by atoms with van der Waals surface area (Å²) in [5, 5.41) is 11.9. The maximum absolute atomic E-state index is 11.6. The summed E-state index contributed by atoms with van der Waals surface area (Å²) in [7, 11) is 1.69. The van der Waals surface area contributed by atoms with Gasteiger partial charge in [0.1, 0.15) is 5.56 Å². The van der Waals surface area contributed by atoms with Gasteiger partial charge < -0.3 is 15.3 Å². The number of anilines is 1. The van der Waals surface area contributed by atoms with Gasteiger partial charge in [-0.1, -0.05) is 6.92 Å². The molecule has 0 unspecified atom stereocenters. The number of carboxylic acid groups (broad SMARTS) is 1. The summed E-state index contributed by atoms with van der Waals surface area (Å²) >= 11 is 0. The fourth-order valence-electron chi connectivity index (χ4n) is 1.65. The third-order valence-electron chi connectivity index (χ3n) is 2.61. The van der Waals surface area contributed by atoms with E-state index >= 15 is 0 Å². The molecule has 1 amide bonds. The quantitative estimate of drug-likeness (QED) is 0.803. The van der Waals surface area contributed by atoms with Crippen molar-refractivity contribution in [1.29, 1.82) is 0 Å². The molecule has 0 bridgehead atoms. The van der Waals surface area contributed by atoms with Crippen LogP contribution in [0.5, 0.6) is 0 Å². The lowest BCUT2D eigenvalue weighted by atomic mass is 10.2. The van der Waals surface area contributed by atoms with Gasteiger partial charge in [-0.25, -0.2) is 4.79 Å². The molecule has 0 fully saturated rings. The Morgan fingerprint density at radius 2 is 2.16 bits per heavy atom. The highest BCUT2D eigenvalue weighted by atomic mass is 16.4. The minimum Gasteiger partial charge on any atom is -0.478 e. The predicted molar refractivity (Wildman–Crippen MR) is 72.5 cm³/mol. The number of likely N-dealkylation sites (N-methyl/N-ethyl adjacent to an activating group) is 1. The van der Waals surface area contributed by atoms with Crippen LogP contribution in [0.2, 0.25) is 0 Å². The molecule has 0 aliphatic heterocycles. The topological polar surface area (TPSA) is 82.5 Å². The van der Waals surface area contributed by atoms with E-state index in [1.165, 1.54) is 6.20 Å². The highest BCUT2D eigenvalue weighted by molar-refractivity contribution is 5.95. The number of carbonyl (C=O) groups is 2. The van der Waals surface area contributed by atoms with E-state index in [1.807, 2.05) is 6.92 Å². The van der Waals surface area contributed by atoms with Crippen LogP contribution >= 0.6 is 0 Å². The van der Waals surface area contributed by atoms with Gasteiger partial charge in [0, 0.05) is 25.5 Å². The highest BCUT2D eigenvalue weighted by Crippen LogP contribution is 2.19. The molecule has 2 N–H and O–H groups in total. The van der Waals surface area contributed by atoms with Crippen molar-refractivity contribution in [3.05, 3.63) is 23.5 Å². The van der Waals surface area contributed by atoms with Gasteiger partial charge in [-0.15, -0.1) is 0 Å². The first-order valence-corrected chi connectivity index (χ1v) is 6.13. The van der Waals surface area contributed by atoms with E-state index < -0.39 is 5.97 Å². The number of nitrogens with zero attached hydrogens (tertiary/aromatic N) is 2. The molecule has 19 heavy (non-hydrogen) atoms. The Kier molecular flexibility index (Phi) is 5.29. The normalized spacial score (nSPS) is 10.1. The maximum Gasteiger partial charge on any atom is 0.339 e. The van der Waals surface area contributed by atoms with Gasteiger partial charge in [0.25, 0.3) is 0 Å². The number of nitrogens with one attached hydrogen (secondary N) is 1. The highest BCUT2D eigenvalue weighted by Gasteiger charge is 2.16. The van der Waals surface area contributed by atoms with Crippen molar-refractivity contribution in [2.24, 2.45) is 0 Å². The van der Waals surface area contributed by atoms with Crippen molar-refractivity contribution in [2.45, 2.75) is 20.3 Å². The summed E-state index contributed by atoms with van der Waals surface area (Å²) in [5.74, 6) is -1.18. The standard InChI is InChI=1S/C13H19N3O3/c1-4-5-14-12(17)8-16(3)11-6-9(2)15-7-10(11)13(18)19/h6-7H,4-5,8H2,1-3H3,(H,14,17)(H,18,19). The van der Waals surface area contributed by atoms with Crippen LogP contribution < -0.4 is 10.2 Å². The molecule has 1 heterocycles. The number of aromatic nitrogens is 1. The van der Waals surface area contributed by atoms with Gasteiger partial charge in [0.15, 0.2) is 0 Å². The third-order valence-corrected chi connectivity index (χ3v) is 2.61. The first kappa shape index (κ1) is 14.9. The van der Waals surface area contributed by atoms with Crippen LogP contribution in [0.4, 0.5) is 5.69 Å². The average molecular weight is 265 g/mol. The number of carbonyl (C=O) groups excluding carboxylic acids is 1. The number of hydrogen-bond donors (Lipinski definition) is 2. The predicted octanol–water partition coefficient (Wildman–Crippen LogP) is 1.05. The van der Waals surface area contributed by atoms with Gasteiger partial charge in [-0.05, 0) is 19.4 Å². The Balaban J connectivity index is 2.86. The number of carboxylic acids is 1. The van der Waals surface area contributed by atoms with Gasteiger partial charge in [0.05, 0.1) is 12.2 Å². The summed E-state index contributed by atoms with van der Waals surface area (Å²) in [6, 6.07) is 1.66. The van der Waals surface area contributed by atoms with Crippen LogP contribution in [0.25, 0.3) is 0 Å². The van der Waals surface area contributed by atoms with Gasteiger partial charge in [0.2, 0.25) is 5.91 Å². The molecule has 1 rings (SSSR count). The van der Waals surface area contributed by atoms with Crippen LogP contribution in [0.1, 0.15) is 29.4 Å². The number of amides is 1. The summed E-state index contributed by atoms with van der Waals surface area (Å²) in [6.45, 7) is 4.48. The van der Waals surface area contributed by atoms with Crippen molar-refractivity contribution < 1.29 is 14.7 Å². The van der Waals surface area contributed by atoms with Gasteiger partial charge in [-0.2, -0.15) is 0 Å². The van der Waals surface area contributed by atoms with E-state index in [4.69, 9.17) is 5.11 Å². The lowest BCUT2D eigenvalue weighted by Crippen LogP contribution is -2.36. The minimum atomic E-state index is -1.05. The number of hydrogen-bond acceptors (Lipinski definition) is 4. The Morgan fingerprint density at radius 1 is 1.47 bits per heavy atom. The first-order chi connectivity index (χ1) is 8.95. The molecule has 1 aromatic heterocycles. The summed E-state index contributed by atoms with van der Waals surface area (Å²) in [5.41, 5.74) is 1.30. The largest absolute Gasteiger partial charge is 0.478 e. The number of pyridine rings is 1. The molecule has 104 valence electrons. The van der Waals surface area contributed by atoms with Crippen molar-refractivity contribution in [1.82, 2.24) is 10.3 Å². The second-order valence-corrected chi connectivity index (χ2v) is 4.35. The maximum atomic E-state index is 11.6. The SMILES string of the molecule is CCCNC(=O)CN(C)c1cc(C)ncc1C(=O)O. The van der Waals surface area contributed by atoms with Gasteiger partial charge >= 0.3 is 5.97 Å². The van der Waals surface area contributed by atoms with E-state index in [0.717, 1.165) is 6.42 Å². The minimum absolute atomic E-state index is 0.0939. The molecule has 1 aromatic rings. The Morgan fingerprint density at radius 3 is 2.74 bits per heavy atom. The second kappa shape index (κ2) is 6.72. The molecule has 0 radical (unpaired) electrons. The van der Waals surface area contributed by atoms with Crippen LogP contribution in [-0.2, 0) is 4.79 Å². The average Bonchev–Trinajstić information content (AvgIpc) is 2.35. The molecule has 6 nitrogen and oxygen atoms in total. The molecule has 0 atom stereocenters. The zero-order valence-electron chi connectivity index (χ0n) is 11.4. The van der Waals surface area contributed by atoms with Crippen LogP contribution in [-0.4, -0.2) is 42.1 Å².